The minimum atomic E-state index is -0.149. The SMILES string of the molecule is Cc1nn(C)c(C)c1-c1csc2nc(CCl)[nH]c(=O)c12. The van der Waals surface area contributed by atoms with Gasteiger partial charge in [0.2, 0.25) is 0 Å². The number of thiophene rings is 1. The van der Waals surface area contributed by atoms with Gasteiger partial charge in [-0.2, -0.15) is 5.10 Å². The standard InChI is InChI=1S/C13H13ClN4OS/c1-6-10(7(2)18(3)17-6)8-5-20-13-11(8)12(19)15-9(4-14)16-13/h5H,4H2,1-3H3,(H,15,16,19). The van der Waals surface area contributed by atoms with Gasteiger partial charge in [0.15, 0.2) is 0 Å². The molecule has 3 heterocycles. The number of aryl methyl sites for hydroxylation is 2. The Morgan fingerprint density at radius 1 is 1.45 bits per heavy atom. The average Bonchev–Trinajstić information content (AvgIpc) is 2.92. The predicted molar refractivity (Wildman–Crippen MR) is 81.5 cm³/mol. The molecule has 0 amide bonds. The fraction of sp³-hybridized carbons (Fsp3) is 0.308. The van der Waals surface area contributed by atoms with Crippen LogP contribution in [0.15, 0.2) is 10.2 Å². The molecule has 3 aromatic heterocycles. The lowest BCUT2D eigenvalue weighted by Gasteiger charge is -2.01. The number of hydrogen-bond donors (Lipinski definition) is 1. The van der Waals surface area contributed by atoms with Gasteiger partial charge >= 0.3 is 0 Å². The zero-order valence-corrected chi connectivity index (χ0v) is 12.9. The van der Waals surface area contributed by atoms with Crippen molar-refractivity contribution in [3.63, 3.8) is 0 Å². The second-order valence-corrected chi connectivity index (χ2v) is 5.77. The molecule has 0 fully saturated rings. The smallest absolute Gasteiger partial charge is 0.260 e. The van der Waals surface area contributed by atoms with Crippen LogP contribution in [0.4, 0.5) is 0 Å². The van der Waals surface area contributed by atoms with Crippen LogP contribution in [-0.4, -0.2) is 19.7 Å². The Balaban J connectivity index is 2.36. The van der Waals surface area contributed by atoms with Crippen molar-refractivity contribution in [2.75, 3.05) is 0 Å². The van der Waals surface area contributed by atoms with E-state index in [0.717, 1.165) is 22.5 Å². The van der Waals surface area contributed by atoms with E-state index in [1.54, 1.807) is 0 Å². The first-order chi connectivity index (χ1) is 9.52. The van der Waals surface area contributed by atoms with Crippen molar-refractivity contribution < 1.29 is 0 Å². The monoisotopic (exact) mass is 308 g/mol. The zero-order chi connectivity index (χ0) is 14.4. The number of alkyl halides is 1. The Kier molecular flexibility index (Phi) is 3.14. The number of hydrogen-bond acceptors (Lipinski definition) is 4. The van der Waals surface area contributed by atoms with Gasteiger partial charge in [0.1, 0.15) is 10.7 Å². The van der Waals surface area contributed by atoms with Crippen molar-refractivity contribution in [1.29, 1.82) is 0 Å². The molecule has 20 heavy (non-hydrogen) atoms. The highest BCUT2D eigenvalue weighted by atomic mass is 35.5. The molecule has 0 aliphatic carbocycles. The van der Waals surface area contributed by atoms with E-state index in [4.69, 9.17) is 11.6 Å². The van der Waals surface area contributed by atoms with Gasteiger partial charge in [-0.05, 0) is 13.8 Å². The summed E-state index contributed by atoms with van der Waals surface area (Å²) in [7, 11) is 1.90. The largest absolute Gasteiger partial charge is 0.309 e. The van der Waals surface area contributed by atoms with Crippen LogP contribution in [-0.2, 0) is 12.9 Å². The molecule has 5 nitrogen and oxygen atoms in total. The van der Waals surface area contributed by atoms with Crippen LogP contribution in [0.5, 0.6) is 0 Å². The van der Waals surface area contributed by atoms with E-state index >= 15 is 0 Å². The Hall–Kier alpha value is -1.66. The van der Waals surface area contributed by atoms with Gasteiger partial charge in [0.25, 0.3) is 5.56 Å². The van der Waals surface area contributed by atoms with Gasteiger partial charge in [-0.25, -0.2) is 4.98 Å². The maximum absolute atomic E-state index is 12.3. The summed E-state index contributed by atoms with van der Waals surface area (Å²) in [6, 6.07) is 0. The number of aromatic amines is 1. The molecule has 0 aliphatic heterocycles. The normalized spacial score (nSPS) is 11.4. The van der Waals surface area contributed by atoms with Gasteiger partial charge in [-0.15, -0.1) is 22.9 Å². The Morgan fingerprint density at radius 2 is 2.20 bits per heavy atom. The third-order valence-corrected chi connectivity index (χ3v) is 4.52. The van der Waals surface area contributed by atoms with Gasteiger partial charge in [0, 0.05) is 29.2 Å². The van der Waals surface area contributed by atoms with E-state index in [1.165, 1.54) is 11.3 Å². The molecule has 0 aliphatic rings. The molecule has 0 saturated carbocycles. The fourth-order valence-corrected chi connectivity index (χ4v) is 3.48. The van der Waals surface area contributed by atoms with E-state index in [2.05, 4.69) is 15.1 Å². The third kappa shape index (κ3) is 1.87. The Morgan fingerprint density at radius 3 is 2.80 bits per heavy atom. The zero-order valence-electron chi connectivity index (χ0n) is 11.3. The summed E-state index contributed by atoms with van der Waals surface area (Å²) in [6.07, 6.45) is 0. The van der Waals surface area contributed by atoms with Crippen LogP contribution in [0.2, 0.25) is 0 Å². The first kappa shape index (κ1) is 13.3. The lowest BCUT2D eigenvalue weighted by molar-refractivity contribution is 0.731. The van der Waals surface area contributed by atoms with Gasteiger partial charge in [-0.1, -0.05) is 0 Å². The second kappa shape index (κ2) is 4.71. The van der Waals surface area contributed by atoms with Crippen molar-refractivity contribution in [3.8, 4) is 11.1 Å². The van der Waals surface area contributed by atoms with Crippen LogP contribution in [0.3, 0.4) is 0 Å². The summed E-state index contributed by atoms with van der Waals surface area (Å²) in [5.41, 5.74) is 3.69. The second-order valence-electron chi connectivity index (χ2n) is 4.65. The first-order valence-electron chi connectivity index (χ1n) is 6.10. The summed E-state index contributed by atoms with van der Waals surface area (Å²) < 4.78 is 1.82. The van der Waals surface area contributed by atoms with E-state index in [-0.39, 0.29) is 11.4 Å². The first-order valence-corrected chi connectivity index (χ1v) is 7.51. The number of nitrogens with one attached hydrogen (secondary N) is 1. The molecular weight excluding hydrogens is 296 g/mol. The molecule has 1 N–H and O–H groups in total. The lowest BCUT2D eigenvalue weighted by Crippen LogP contribution is -2.10. The van der Waals surface area contributed by atoms with Crippen molar-refractivity contribution >= 4 is 33.2 Å². The average molecular weight is 309 g/mol. The molecule has 104 valence electrons. The van der Waals surface area contributed by atoms with Crippen molar-refractivity contribution in [2.45, 2.75) is 19.7 Å². The molecule has 0 unspecified atom stereocenters. The van der Waals surface area contributed by atoms with Gasteiger partial charge in [0.05, 0.1) is 17.0 Å². The maximum atomic E-state index is 12.3. The minimum Gasteiger partial charge on any atom is -0.309 e. The van der Waals surface area contributed by atoms with E-state index < -0.39 is 0 Å². The summed E-state index contributed by atoms with van der Waals surface area (Å²) in [5, 5.41) is 6.98. The number of H-pyrrole nitrogens is 1. The van der Waals surface area contributed by atoms with E-state index in [9.17, 15) is 4.79 Å². The quantitative estimate of drug-likeness (QED) is 0.740. The lowest BCUT2D eigenvalue weighted by atomic mass is 10.0. The molecule has 3 aromatic rings. The summed E-state index contributed by atoms with van der Waals surface area (Å²) in [6.45, 7) is 3.94. The summed E-state index contributed by atoms with van der Waals surface area (Å²) in [4.78, 5) is 20.1. The highest BCUT2D eigenvalue weighted by Gasteiger charge is 2.18. The molecule has 0 bridgehead atoms. The molecule has 0 radical (unpaired) electrons. The van der Waals surface area contributed by atoms with Crippen molar-refractivity contribution in [2.24, 2.45) is 7.05 Å². The molecule has 0 aromatic carbocycles. The molecule has 0 saturated heterocycles. The molecule has 0 spiro atoms. The molecule has 3 rings (SSSR count). The van der Waals surface area contributed by atoms with Crippen molar-refractivity contribution in [1.82, 2.24) is 19.7 Å². The van der Waals surface area contributed by atoms with Crippen LogP contribution in [0, 0.1) is 13.8 Å². The van der Waals surface area contributed by atoms with Crippen LogP contribution in [0.1, 0.15) is 17.2 Å². The number of nitrogens with zero attached hydrogens (tertiary/aromatic N) is 3. The molecule has 7 heteroatoms. The maximum Gasteiger partial charge on any atom is 0.260 e. The number of fused-ring (bicyclic) bond motifs is 1. The minimum absolute atomic E-state index is 0.149. The van der Waals surface area contributed by atoms with Crippen LogP contribution < -0.4 is 5.56 Å². The van der Waals surface area contributed by atoms with Crippen LogP contribution >= 0.6 is 22.9 Å². The summed E-state index contributed by atoms with van der Waals surface area (Å²) >= 11 is 7.19. The topological polar surface area (TPSA) is 63.6 Å². The highest BCUT2D eigenvalue weighted by molar-refractivity contribution is 7.17. The Bertz CT molecular complexity index is 861. The predicted octanol–water partition coefficient (Wildman–Crippen LogP) is 2.74. The van der Waals surface area contributed by atoms with Gasteiger partial charge in [-0.3, -0.25) is 9.48 Å². The van der Waals surface area contributed by atoms with E-state index in [1.807, 2.05) is 31.0 Å². The molecular formula is C13H13ClN4OS. The van der Waals surface area contributed by atoms with E-state index in [0.29, 0.717) is 16.0 Å². The van der Waals surface area contributed by atoms with Gasteiger partial charge < -0.3 is 4.98 Å². The summed E-state index contributed by atoms with van der Waals surface area (Å²) in [5.74, 6) is 0.695. The number of rotatable bonds is 2. The number of aromatic nitrogens is 4. The van der Waals surface area contributed by atoms with Crippen molar-refractivity contribution in [3.05, 3.63) is 32.9 Å². The van der Waals surface area contributed by atoms with Crippen LogP contribution in [0.25, 0.3) is 21.3 Å². The number of halogens is 1. The fourth-order valence-electron chi connectivity index (χ4n) is 2.40. The highest BCUT2D eigenvalue weighted by Crippen LogP contribution is 2.34. The third-order valence-electron chi connectivity index (χ3n) is 3.40. The molecule has 0 atom stereocenters. The Labute approximate surface area is 124 Å².